The molecule has 0 atom stereocenters. The minimum atomic E-state index is 0.830. The summed E-state index contributed by atoms with van der Waals surface area (Å²) in [6.07, 6.45) is 7.05. The third kappa shape index (κ3) is 1.49. The van der Waals surface area contributed by atoms with Gasteiger partial charge in [-0.1, -0.05) is 0 Å². The molecular formula is C11H7BrN4. The smallest absolute Gasteiger partial charge is 0.163 e. The summed E-state index contributed by atoms with van der Waals surface area (Å²) in [5.41, 5.74) is 1.74. The summed E-state index contributed by atoms with van der Waals surface area (Å²) in [4.78, 5) is 8.41. The number of hydrogen-bond donors (Lipinski definition) is 0. The molecule has 0 N–H and O–H groups in total. The maximum absolute atomic E-state index is 4.34. The molecule has 16 heavy (non-hydrogen) atoms. The molecule has 0 aliphatic rings. The highest BCUT2D eigenvalue weighted by molar-refractivity contribution is 9.10. The van der Waals surface area contributed by atoms with E-state index in [-0.39, 0.29) is 0 Å². The van der Waals surface area contributed by atoms with Crippen LogP contribution in [0.2, 0.25) is 0 Å². The van der Waals surface area contributed by atoms with Crippen LogP contribution < -0.4 is 0 Å². The van der Waals surface area contributed by atoms with Gasteiger partial charge >= 0.3 is 0 Å². The molecule has 3 aromatic heterocycles. The number of pyridine rings is 2. The van der Waals surface area contributed by atoms with E-state index in [2.05, 4.69) is 31.0 Å². The van der Waals surface area contributed by atoms with Gasteiger partial charge in [-0.15, -0.1) is 0 Å². The van der Waals surface area contributed by atoms with Crippen LogP contribution in [0, 0.1) is 0 Å². The van der Waals surface area contributed by atoms with Crippen LogP contribution in [-0.4, -0.2) is 19.7 Å². The second-order valence-electron chi connectivity index (χ2n) is 3.33. The van der Waals surface area contributed by atoms with Gasteiger partial charge in [-0.25, -0.2) is 9.67 Å². The molecule has 3 rings (SSSR count). The summed E-state index contributed by atoms with van der Waals surface area (Å²) in [5, 5.41) is 5.30. The average Bonchev–Trinajstić information content (AvgIpc) is 2.73. The predicted molar refractivity (Wildman–Crippen MR) is 64.4 cm³/mol. The monoisotopic (exact) mass is 274 g/mol. The van der Waals surface area contributed by atoms with E-state index >= 15 is 0 Å². The molecule has 0 bridgehead atoms. The van der Waals surface area contributed by atoms with Gasteiger partial charge < -0.3 is 0 Å². The first-order valence-corrected chi connectivity index (χ1v) is 5.53. The number of aromatic nitrogens is 4. The summed E-state index contributed by atoms with van der Waals surface area (Å²) >= 11 is 3.39. The second-order valence-corrected chi connectivity index (χ2v) is 4.25. The van der Waals surface area contributed by atoms with Gasteiger partial charge in [0.1, 0.15) is 0 Å². The fraction of sp³-hybridized carbons (Fsp3) is 0. The van der Waals surface area contributed by atoms with Gasteiger partial charge in [-0.3, -0.25) is 4.98 Å². The normalized spacial score (nSPS) is 10.8. The lowest BCUT2D eigenvalue weighted by Gasteiger charge is -2.00. The van der Waals surface area contributed by atoms with Crippen LogP contribution in [0.15, 0.2) is 47.5 Å². The molecule has 0 aliphatic heterocycles. The van der Waals surface area contributed by atoms with Crippen LogP contribution in [-0.2, 0) is 0 Å². The highest BCUT2D eigenvalue weighted by Gasteiger charge is 2.05. The molecule has 0 fully saturated rings. The number of nitrogens with zero attached hydrogens (tertiary/aromatic N) is 4. The Morgan fingerprint density at radius 2 is 2.12 bits per heavy atom. The Morgan fingerprint density at radius 1 is 1.19 bits per heavy atom. The van der Waals surface area contributed by atoms with Crippen LogP contribution in [0.25, 0.3) is 16.7 Å². The number of rotatable bonds is 1. The molecule has 0 saturated heterocycles. The SMILES string of the molecule is Brc1cnc2c(cnn2-c2cccnc2)c1. The fourth-order valence-corrected chi connectivity index (χ4v) is 1.91. The molecule has 78 valence electrons. The molecule has 0 aromatic carbocycles. The molecular weight excluding hydrogens is 268 g/mol. The zero-order chi connectivity index (χ0) is 11.0. The van der Waals surface area contributed by atoms with E-state index < -0.39 is 0 Å². The van der Waals surface area contributed by atoms with E-state index in [0.717, 1.165) is 21.2 Å². The summed E-state index contributed by atoms with van der Waals surface area (Å²) in [5.74, 6) is 0. The Labute approximate surface area is 100 Å². The van der Waals surface area contributed by atoms with Crippen molar-refractivity contribution >= 4 is 27.0 Å². The Balaban J connectivity index is 2.26. The Hall–Kier alpha value is -1.75. The molecule has 4 nitrogen and oxygen atoms in total. The van der Waals surface area contributed by atoms with E-state index in [1.165, 1.54) is 0 Å². The first-order chi connectivity index (χ1) is 7.84. The molecule has 0 radical (unpaired) electrons. The third-order valence-corrected chi connectivity index (χ3v) is 2.70. The van der Waals surface area contributed by atoms with Crippen molar-refractivity contribution in [3.8, 4) is 5.69 Å². The van der Waals surface area contributed by atoms with Crippen molar-refractivity contribution in [2.24, 2.45) is 0 Å². The lowest BCUT2D eigenvalue weighted by molar-refractivity contribution is 0.890. The third-order valence-electron chi connectivity index (χ3n) is 2.27. The summed E-state index contributed by atoms with van der Waals surface area (Å²) < 4.78 is 2.72. The molecule has 5 heteroatoms. The summed E-state index contributed by atoms with van der Waals surface area (Å²) in [6.45, 7) is 0. The highest BCUT2D eigenvalue weighted by atomic mass is 79.9. The number of fused-ring (bicyclic) bond motifs is 1. The fourth-order valence-electron chi connectivity index (χ4n) is 1.56. The maximum Gasteiger partial charge on any atom is 0.163 e. The van der Waals surface area contributed by atoms with Gasteiger partial charge in [-0.05, 0) is 34.1 Å². The van der Waals surface area contributed by atoms with Crippen LogP contribution in [0.1, 0.15) is 0 Å². The lowest BCUT2D eigenvalue weighted by Crippen LogP contribution is -1.97. The predicted octanol–water partition coefficient (Wildman–Crippen LogP) is 2.58. The molecule has 0 amide bonds. The Bertz CT molecular complexity index is 633. The summed E-state index contributed by atoms with van der Waals surface area (Å²) in [6, 6.07) is 5.81. The van der Waals surface area contributed by atoms with Gasteiger partial charge in [0.25, 0.3) is 0 Å². The molecule has 0 aliphatic carbocycles. The number of halogens is 1. The average molecular weight is 275 g/mol. The van der Waals surface area contributed by atoms with Crippen LogP contribution in [0.4, 0.5) is 0 Å². The lowest BCUT2D eigenvalue weighted by atomic mass is 10.3. The summed E-state index contributed by atoms with van der Waals surface area (Å²) in [7, 11) is 0. The second kappa shape index (κ2) is 3.68. The van der Waals surface area contributed by atoms with Crippen LogP contribution in [0.3, 0.4) is 0 Å². The van der Waals surface area contributed by atoms with E-state index in [1.54, 1.807) is 29.5 Å². The van der Waals surface area contributed by atoms with Gasteiger partial charge in [0.05, 0.1) is 18.1 Å². The Morgan fingerprint density at radius 3 is 2.94 bits per heavy atom. The molecule has 3 heterocycles. The van der Waals surface area contributed by atoms with Gasteiger partial charge in [-0.2, -0.15) is 5.10 Å². The quantitative estimate of drug-likeness (QED) is 0.685. The first kappa shape index (κ1) is 9.47. The van der Waals surface area contributed by atoms with Crippen molar-refractivity contribution < 1.29 is 0 Å². The van der Waals surface area contributed by atoms with E-state index in [9.17, 15) is 0 Å². The zero-order valence-corrected chi connectivity index (χ0v) is 9.79. The number of hydrogen-bond acceptors (Lipinski definition) is 3. The minimum Gasteiger partial charge on any atom is -0.262 e. The standard InChI is InChI=1S/C11H7BrN4/c12-9-4-8-5-15-16(11(8)14-6-9)10-2-1-3-13-7-10/h1-7H. The maximum atomic E-state index is 4.34. The Kier molecular flexibility index (Phi) is 2.18. The van der Waals surface area contributed by atoms with Crippen molar-refractivity contribution in [1.29, 1.82) is 0 Å². The van der Waals surface area contributed by atoms with E-state index in [4.69, 9.17) is 0 Å². The first-order valence-electron chi connectivity index (χ1n) is 4.74. The van der Waals surface area contributed by atoms with E-state index in [0.29, 0.717) is 0 Å². The van der Waals surface area contributed by atoms with Crippen molar-refractivity contribution in [3.63, 3.8) is 0 Å². The highest BCUT2D eigenvalue weighted by Crippen LogP contribution is 2.19. The largest absolute Gasteiger partial charge is 0.262 e. The zero-order valence-electron chi connectivity index (χ0n) is 8.21. The van der Waals surface area contributed by atoms with Crippen LogP contribution in [0.5, 0.6) is 0 Å². The van der Waals surface area contributed by atoms with Crippen molar-refractivity contribution in [2.45, 2.75) is 0 Å². The molecule has 3 aromatic rings. The van der Waals surface area contributed by atoms with Gasteiger partial charge in [0.2, 0.25) is 0 Å². The molecule has 0 spiro atoms. The molecule has 0 unspecified atom stereocenters. The van der Waals surface area contributed by atoms with Crippen LogP contribution >= 0.6 is 15.9 Å². The minimum absolute atomic E-state index is 0.830. The van der Waals surface area contributed by atoms with E-state index in [1.807, 2.05) is 18.2 Å². The topological polar surface area (TPSA) is 43.6 Å². The van der Waals surface area contributed by atoms with Gasteiger partial charge in [0.15, 0.2) is 5.65 Å². The molecule has 0 saturated carbocycles. The van der Waals surface area contributed by atoms with Crippen molar-refractivity contribution in [3.05, 3.63) is 47.5 Å². The van der Waals surface area contributed by atoms with Crippen molar-refractivity contribution in [2.75, 3.05) is 0 Å². The van der Waals surface area contributed by atoms with Gasteiger partial charge in [0, 0.05) is 22.3 Å². The van der Waals surface area contributed by atoms with Crippen molar-refractivity contribution in [1.82, 2.24) is 19.7 Å².